The minimum Gasteiger partial charge on any atom is -0.497 e. The Bertz CT molecular complexity index is 915. The third-order valence-corrected chi connectivity index (χ3v) is 7.07. The van der Waals surface area contributed by atoms with E-state index in [0.717, 1.165) is 6.42 Å². The van der Waals surface area contributed by atoms with Gasteiger partial charge in [-0.05, 0) is 54.4 Å². The van der Waals surface area contributed by atoms with Gasteiger partial charge in [-0.15, -0.1) is 0 Å². The maximum atomic E-state index is 12.9. The molecule has 1 aromatic carbocycles. The molecule has 7 nitrogen and oxygen atoms in total. The molecule has 156 valence electrons. The summed E-state index contributed by atoms with van der Waals surface area (Å²) in [7, 11) is 1.54. The normalized spacial score (nSPS) is 32.6. The van der Waals surface area contributed by atoms with Crippen molar-refractivity contribution < 1.29 is 28.7 Å². The second-order valence-electron chi connectivity index (χ2n) is 8.55. The van der Waals surface area contributed by atoms with E-state index >= 15 is 0 Å². The van der Waals surface area contributed by atoms with Crippen LogP contribution in [-0.4, -0.2) is 48.7 Å². The van der Waals surface area contributed by atoms with Gasteiger partial charge in [-0.25, -0.2) is 0 Å². The predicted molar refractivity (Wildman–Crippen MR) is 104 cm³/mol. The molecule has 1 aromatic rings. The lowest BCUT2D eigenvalue weighted by molar-refractivity contribution is -0.145. The lowest BCUT2D eigenvalue weighted by atomic mass is 9.63. The summed E-state index contributed by atoms with van der Waals surface area (Å²) in [5, 5.41) is 0. The molecule has 0 aromatic heterocycles. The topological polar surface area (TPSA) is 90.0 Å². The number of methoxy groups -OCH3 is 1. The van der Waals surface area contributed by atoms with Gasteiger partial charge in [-0.1, -0.05) is 12.2 Å². The number of amides is 2. The lowest BCUT2D eigenvalue weighted by Gasteiger charge is -2.37. The van der Waals surface area contributed by atoms with Gasteiger partial charge in [0.1, 0.15) is 5.75 Å². The highest BCUT2D eigenvalue weighted by molar-refractivity contribution is 6.06. The van der Waals surface area contributed by atoms with E-state index in [-0.39, 0.29) is 60.8 Å². The summed E-state index contributed by atoms with van der Waals surface area (Å²) in [6, 6.07) is 6.52. The zero-order valence-corrected chi connectivity index (χ0v) is 16.7. The number of ketones is 1. The first-order chi connectivity index (χ1) is 14.5. The van der Waals surface area contributed by atoms with Crippen LogP contribution in [0.5, 0.6) is 5.75 Å². The number of imide groups is 1. The van der Waals surface area contributed by atoms with E-state index in [9.17, 15) is 19.2 Å². The van der Waals surface area contributed by atoms with Crippen LogP contribution in [0.2, 0.25) is 0 Å². The lowest BCUT2D eigenvalue weighted by Crippen LogP contribution is -2.40. The van der Waals surface area contributed by atoms with Crippen LogP contribution in [0.1, 0.15) is 23.2 Å². The van der Waals surface area contributed by atoms with Gasteiger partial charge in [0.2, 0.25) is 11.8 Å². The number of nitrogens with zero attached hydrogens (tertiary/aromatic N) is 1. The summed E-state index contributed by atoms with van der Waals surface area (Å²) in [6.45, 7) is -0.370. The molecule has 30 heavy (non-hydrogen) atoms. The molecule has 5 aliphatic rings. The van der Waals surface area contributed by atoms with Crippen molar-refractivity contribution in [2.45, 2.75) is 12.8 Å². The molecule has 1 aliphatic heterocycles. The van der Waals surface area contributed by atoms with Gasteiger partial charge >= 0.3 is 5.97 Å². The summed E-state index contributed by atoms with van der Waals surface area (Å²) < 4.78 is 10.1. The van der Waals surface area contributed by atoms with Crippen LogP contribution in [-0.2, 0) is 19.1 Å². The first kappa shape index (κ1) is 19.0. The Balaban J connectivity index is 1.14. The molecule has 1 saturated heterocycles. The molecule has 2 bridgehead atoms. The summed E-state index contributed by atoms with van der Waals surface area (Å²) in [5.74, 6) is 0.301. The number of esters is 1. The number of rotatable bonds is 7. The Hall–Kier alpha value is -2.96. The summed E-state index contributed by atoms with van der Waals surface area (Å²) in [6.07, 6.45) is 5.24. The average Bonchev–Trinajstić information content (AvgIpc) is 3.55. The Labute approximate surface area is 174 Å². The molecule has 0 spiro atoms. The molecule has 2 saturated carbocycles. The largest absolute Gasteiger partial charge is 0.497 e. The molecule has 3 fully saturated rings. The van der Waals surface area contributed by atoms with Crippen LogP contribution in [0.15, 0.2) is 36.4 Å². The number of carbonyl (C=O) groups excluding carboxylic acids is 4. The maximum absolute atomic E-state index is 12.9. The summed E-state index contributed by atoms with van der Waals surface area (Å²) in [4.78, 5) is 51.2. The van der Waals surface area contributed by atoms with E-state index in [4.69, 9.17) is 9.47 Å². The number of carbonyl (C=O) groups is 4. The molecule has 0 unspecified atom stereocenters. The van der Waals surface area contributed by atoms with Crippen molar-refractivity contribution in [3.63, 3.8) is 0 Å². The SMILES string of the molecule is COc1ccc(C(=O)COC(=O)CCN2C(=O)[C@H]3[C@@H]4C=C[C@H]([C@H]5C[C@H]45)[C@@H]3C2=O)cc1. The van der Waals surface area contributed by atoms with Gasteiger partial charge in [0.15, 0.2) is 12.4 Å². The van der Waals surface area contributed by atoms with Gasteiger partial charge in [0.05, 0.1) is 25.4 Å². The Morgan fingerprint density at radius 2 is 1.60 bits per heavy atom. The standard InChI is InChI=1S/C23H23NO6/c1-29-13-4-2-12(3-5-13)18(25)11-30-19(26)8-9-24-22(27)20-14-6-7-15(17-10-16(14)17)21(20)23(24)28/h2-7,14-17,20-21H,8-11H2,1H3/t14-,15-,16-,17-,20+,21+/m1/s1. The number of ether oxygens (including phenoxy) is 2. The second-order valence-corrected chi connectivity index (χ2v) is 8.55. The number of likely N-dealkylation sites (tertiary alicyclic amines) is 1. The molecule has 6 rings (SSSR count). The highest BCUT2D eigenvalue weighted by Crippen LogP contribution is 2.65. The monoisotopic (exact) mass is 409 g/mol. The van der Waals surface area contributed by atoms with Crippen LogP contribution >= 0.6 is 0 Å². The average molecular weight is 409 g/mol. The number of hydrogen-bond donors (Lipinski definition) is 0. The van der Waals surface area contributed by atoms with E-state index < -0.39 is 5.97 Å². The Morgan fingerprint density at radius 3 is 2.17 bits per heavy atom. The van der Waals surface area contributed by atoms with Crippen molar-refractivity contribution >= 4 is 23.6 Å². The molecule has 6 atom stereocenters. The molecular formula is C23H23NO6. The fourth-order valence-corrected chi connectivity index (χ4v) is 5.52. The molecule has 2 amide bonds. The van der Waals surface area contributed by atoms with Crippen LogP contribution in [0.3, 0.4) is 0 Å². The second kappa shape index (κ2) is 7.07. The quantitative estimate of drug-likeness (QED) is 0.296. The van der Waals surface area contributed by atoms with Crippen molar-refractivity contribution in [3.8, 4) is 5.75 Å². The molecule has 7 heteroatoms. The number of allylic oxidation sites excluding steroid dienone is 2. The first-order valence-corrected chi connectivity index (χ1v) is 10.4. The van der Waals surface area contributed by atoms with Gasteiger partial charge in [0.25, 0.3) is 0 Å². The minimum absolute atomic E-state index is 0.00893. The molecule has 0 N–H and O–H groups in total. The highest BCUT2D eigenvalue weighted by Gasteiger charge is 2.66. The van der Waals surface area contributed by atoms with Gasteiger partial charge in [-0.3, -0.25) is 24.1 Å². The van der Waals surface area contributed by atoms with E-state index in [1.807, 2.05) is 0 Å². The summed E-state index contributed by atoms with van der Waals surface area (Å²) >= 11 is 0. The first-order valence-electron chi connectivity index (χ1n) is 10.4. The van der Waals surface area contributed by atoms with Gasteiger partial charge in [-0.2, -0.15) is 0 Å². The number of Topliss-reactive ketones (excluding diaryl/α,β-unsaturated/α-hetero) is 1. The molecule has 1 heterocycles. The van der Waals surface area contributed by atoms with Crippen LogP contribution < -0.4 is 4.74 Å². The zero-order valence-electron chi connectivity index (χ0n) is 16.7. The van der Waals surface area contributed by atoms with Crippen LogP contribution in [0.4, 0.5) is 0 Å². The Morgan fingerprint density at radius 1 is 1.00 bits per heavy atom. The molecule has 4 aliphatic carbocycles. The van der Waals surface area contributed by atoms with Crippen molar-refractivity contribution in [1.82, 2.24) is 4.90 Å². The van der Waals surface area contributed by atoms with E-state index in [0.29, 0.717) is 23.1 Å². The van der Waals surface area contributed by atoms with Crippen LogP contribution in [0.25, 0.3) is 0 Å². The number of hydrogen-bond acceptors (Lipinski definition) is 6. The number of benzene rings is 1. The van der Waals surface area contributed by atoms with Gasteiger partial charge < -0.3 is 9.47 Å². The molecule has 0 radical (unpaired) electrons. The molecular weight excluding hydrogens is 386 g/mol. The minimum atomic E-state index is -0.601. The van der Waals surface area contributed by atoms with Crippen molar-refractivity contribution in [2.75, 3.05) is 20.3 Å². The van der Waals surface area contributed by atoms with E-state index in [1.54, 1.807) is 24.3 Å². The van der Waals surface area contributed by atoms with Crippen molar-refractivity contribution in [3.05, 3.63) is 42.0 Å². The Kier molecular flexibility index (Phi) is 4.49. The maximum Gasteiger partial charge on any atom is 0.308 e. The third kappa shape index (κ3) is 2.95. The van der Waals surface area contributed by atoms with Crippen LogP contribution in [0, 0.1) is 35.5 Å². The van der Waals surface area contributed by atoms with E-state index in [2.05, 4.69) is 12.2 Å². The smallest absolute Gasteiger partial charge is 0.308 e. The van der Waals surface area contributed by atoms with E-state index in [1.165, 1.54) is 12.0 Å². The fourth-order valence-electron chi connectivity index (χ4n) is 5.52. The van der Waals surface area contributed by atoms with Gasteiger partial charge in [0, 0.05) is 12.1 Å². The van der Waals surface area contributed by atoms with Crippen molar-refractivity contribution in [2.24, 2.45) is 35.5 Å². The highest BCUT2D eigenvalue weighted by atomic mass is 16.5. The van der Waals surface area contributed by atoms with Crippen molar-refractivity contribution in [1.29, 1.82) is 0 Å². The third-order valence-electron chi connectivity index (χ3n) is 7.07. The fraction of sp³-hybridized carbons (Fsp3) is 0.478. The summed E-state index contributed by atoms with van der Waals surface area (Å²) in [5.41, 5.74) is 0.416. The predicted octanol–water partition coefficient (Wildman–Crippen LogP) is 1.86. The zero-order chi connectivity index (χ0) is 21.0.